The number of hydrogen-bond donors (Lipinski definition) is 1. The number of furan rings is 1. The summed E-state index contributed by atoms with van der Waals surface area (Å²) in [6, 6.07) is 3.35. The molecule has 2 rings (SSSR count). The molecule has 1 N–H and O–H groups in total. The van der Waals surface area contributed by atoms with Crippen molar-refractivity contribution < 1.29 is 13.9 Å². The van der Waals surface area contributed by atoms with Crippen molar-refractivity contribution in [1.82, 2.24) is 10.2 Å². The van der Waals surface area contributed by atoms with Gasteiger partial charge in [0.25, 0.3) is 5.91 Å². The second kappa shape index (κ2) is 7.24. The molecule has 0 saturated carbocycles. The molecule has 1 aromatic rings. The summed E-state index contributed by atoms with van der Waals surface area (Å²) in [7, 11) is 0. The summed E-state index contributed by atoms with van der Waals surface area (Å²) in [5, 5.41) is 2.85. The van der Waals surface area contributed by atoms with Crippen molar-refractivity contribution in [2.45, 2.75) is 20.0 Å². The Kier molecular flexibility index (Phi) is 5.63. The fourth-order valence-corrected chi connectivity index (χ4v) is 2.62. The lowest BCUT2D eigenvalue weighted by Gasteiger charge is -2.33. The molecule has 0 spiro atoms. The fourth-order valence-electron chi connectivity index (χ4n) is 2.32. The number of nitrogens with one attached hydrogen (secondary N) is 1. The number of amides is 1. The Morgan fingerprint density at radius 3 is 3.00 bits per heavy atom. The van der Waals surface area contributed by atoms with Crippen molar-refractivity contribution in [2.24, 2.45) is 5.92 Å². The van der Waals surface area contributed by atoms with Crippen molar-refractivity contribution in [3.63, 3.8) is 0 Å². The van der Waals surface area contributed by atoms with E-state index in [1.807, 2.05) is 0 Å². The first-order valence-electron chi connectivity index (χ1n) is 6.92. The minimum absolute atomic E-state index is 0.0462. The minimum Gasteiger partial charge on any atom is -0.444 e. The van der Waals surface area contributed by atoms with Gasteiger partial charge in [-0.25, -0.2) is 0 Å². The summed E-state index contributed by atoms with van der Waals surface area (Å²) in [5.41, 5.74) is 0. The van der Waals surface area contributed by atoms with Crippen LogP contribution in [-0.4, -0.2) is 49.7 Å². The van der Waals surface area contributed by atoms with Gasteiger partial charge in [0, 0.05) is 26.2 Å². The van der Waals surface area contributed by atoms with Crippen LogP contribution in [0.15, 0.2) is 21.2 Å². The molecule has 0 radical (unpaired) electrons. The normalized spacial score (nSPS) is 20.3. The van der Waals surface area contributed by atoms with Crippen molar-refractivity contribution in [3.8, 4) is 0 Å². The van der Waals surface area contributed by atoms with Crippen LogP contribution in [0.5, 0.6) is 0 Å². The van der Waals surface area contributed by atoms with E-state index in [4.69, 9.17) is 9.15 Å². The minimum atomic E-state index is -0.208. The maximum Gasteiger partial charge on any atom is 0.287 e. The zero-order valence-corrected chi connectivity index (χ0v) is 13.5. The molecule has 1 saturated heterocycles. The molecule has 0 aliphatic carbocycles. The van der Waals surface area contributed by atoms with Crippen LogP contribution < -0.4 is 5.32 Å². The van der Waals surface area contributed by atoms with E-state index in [1.165, 1.54) is 0 Å². The fraction of sp³-hybridized carbons (Fsp3) is 0.643. The summed E-state index contributed by atoms with van der Waals surface area (Å²) in [4.78, 5) is 14.2. The van der Waals surface area contributed by atoms with Crippen molar-refractivity contribution in [2.75, 3.05) is 32.8 Å². The van der Waals surface area contributed by atoms with E-state index in [0.717, 1.165) is 26.2 Å². The van der Waals surface area contributed by atoms with Gasteiger partial charge in [0.2, 0.25) is 0 Å². The number of halogens is 1. The van der Waals surface area contributed by atoms with Gasteiger partial charge in [0.1, 0.15) is 0 Å². The van der Waals surface area contributed by atoms with Gasteiger partial charge in [0.05, 0.1) is 12.7 Å². The number of nitrogens with zero attached hydrogens (tertiary/aromatic N) is 1. The van der Waals surface area contributed by atoms with Gasteiger partial charge >= 0.3 is 0 Å². The van der Waals surface area contributed by atoms with E-state index in [9.17, 15) is 4.79 Å². The molecule has 20 heavy (non-hydrogen) atoms. The van der Waals surface area contributed by atoms with Crippen LogP contribution >= 0.6 is 15.9 Å². The van der Waals surface area contributed by atoms with Crippen LogP contribution in [0.3, 0.4) is 0 Å². The Bertz CT molecular complexity index is 447. The van der Waals surface area contributed by atoms with Gasteiger partial charge in [0.15, 0.2) is 10.4 Å². The Balaban J connectivity index is 1.77. The Morgan fingerprint density at radius 2 is 2.35 bits per heavy atom. The first-order chi connectivity index (χ1) is 9.54. The highest BCUT2D eigenvalue weighted by Gasteiger charge is 2.22. The maximum absolute atomic E-state index is 11.9. The molecule has 1 aliphatic heterocycles. The van der Waals surface area contributed by atoms with Crippen LogP contribution in [0, 0.1) is 5.92 Å². The first-order valence-corrected chi connectivity index (χ1v) is 7.71. The molecule has 0 bridgehead atoms. The van der Waals surface area contributed by atoms with Crippen LogP contribution in [0.25, 0.3) is 0 Å². The van der Waals surface area contributed by atoms with Crippen molar-refractivity contribution in [1.29, 1.82) is 0 Å². The van der Waals surface area contributed by atoms with Crippen LogP contribution in [0.1, 0.15) is 24.4 Å². The summed E-state index contributed by atoms with van der Waals surface area (Å²) < 4.78 is 11.5. The van der Waals surface area contributed by atoms with Gasteiger partial charge in [-0.1, -0.05) is 13.8 Å². The van der Waals surface area contributed by atoms with Crippen LogP contribution in [0.2, 0.25) is 0 Å². The lowest BCUT2D eigenvalue weighted by molar-refractivity contribution is -0.0296. The number of hydrogen-bond acceptors (Lipinski definition) is 4. The van der Waals surface area contributed by atoms with E-state index in [-0.39, 0.29) is 12.0 Å². The number of carbonyl (C=O) groups is 1. The lowest BCUT2D eigenvalue weighted by Crippen LogP contribution is -2.48. The van der Waals surface area contributed by atoms with Crippen molar-refractivity contribution in [3.05, 3.63) is 22.6 Å². The third kappa shape index (κ3) is 4.61. The molecular weight excluding hydrogens is 324 g/mol. The summed E-state index contributed by atoms with van der Waals surface area (Å²) in [5.74, 6) is 0.746. The van der Waals surface area contributed by atoms with E-state index in [0.29, 0.717) is 22.9 Å². The zero-order chi connectivity index (χ0) is 14.5. The highest BCUT2D eigenvalue weighted by Crippen LogP contribution is 2.14. The molecule has 1 fully saturated rings. The Hall–Kier alpha value is -0.850. The van der Waals surface area contributed by atoms with E-state index in [1.54, 1.807) is 12.1 Å². The molecule has 0 unspecified atom stereocenters. The molecule has 2 heterocycles. The molecule has 112 valence electrons. The molecule has 5 nitrogen and oxygen atoms in total. The zero-order valence-electron chi connectivity index (χ0n) is 11.9. The molecule has 1 amide bonds. The average molecular weight is 345 g/mol. The Labute approximate surface area is 127 Å². The second-order valence-corrected chi connectivity index (χ2v) is 6.24. The van der Waals surface area contributed by atoms with E-state index < -0.39 is 0 Å². The monoisotopic (exact) mass is 344 g/mol. The first kappa shape index (κ1) is 15.5. The van der Waals surface area contributed by atoms with E-state index >= 15 is 0 Å². The number of carbonyl (C=O) groups excluding carboxylic acids is 1. The topological polar surface area (TPSA) is 54.7 Å². The summed E-state index contributed by atoms with van der Waals surface area (Å²) in [6.45, 7) is 8.54. The highest BCUT2D eigenvalue weighted by molar-refractivity contribution is 9.10. The molecule has 1 aliphatic rings. The second-order valence-electron chi connectivity index (χ2n) is 5.46. The third-order valence-corrected chi connectivity index (χ3v) is 3.56. The maximum atomic E-state index is 11.9. The van der Waals surface area contributed by atoms with Crippen molar-refractivity contribution >= 4 is 21.8 Å². The van der Waals surface area contributed by atoms with Gasteiger partial charge in [-0.3, -0.25) is 9.69 Å². The predicted molar refractivity (Wildman–Crippen MR) is 79.8 cm³/mol. The molecule has 1 atom stereocenters. The standard InChI is InChI=1S/C14H21BrN2O3/c1-10(2)8-17-5-6-19-11(9-17)7-16-14(18)12-3-4-13(15)20-12/h3-4,10-11H,5-9H2,1-2H3,(H,16,18)/t11-/m1/s1. The third-order valence-electron chi connectivity index (χ3n) is 3.13. The van der Waals surface area contributed by atoms with Crippen LogP contribution in [-0.2, 0) is 4.74 Å². The van der Waals surface area contributed by atoms with Crippen LogP contribution in [0.4, 0.5) is 0 Å². The largest absolute Gasteiger partial charge is 0.444 e. The molecular formula is C14H21BrN2O3. The Morgan fingerprint density at radius 1 is 1.55 bits per heavy atom. The smallest absolute Gasteiger partial charge is 0.287 e. The van der Waals surface area contributed by atoms with Gasteiger partial charge < -0.3 is 14.5 Å². The van der Waals surface area contributed by atoms with Gasteiger partial charge in [-0.2, -0.15) is 0 Å². The SMILES string of the molecule is CC(C)CN1CCO[C@H](CNC(=O)c2ccc(Br)o2)C1. The molecule has 0 aromatic carbocycles. The molecule has 1 aromatic heterocycles. The van der Waals surface area contributed by atoms with E-state index in [2.05, 4.69) is 40.0 Å². The van der Waals surface area contributed by atoms with Gasteiger partial charge in [-0.15, -0.1) is 0 Å². The summed E-state index contributed by atoms with van der Waals surface area (Å²) >= 11 is 3.18. The lowest BCUT2D eigenvalue weighted by atomic mass is 10.2. The predicted octanol–water partition coefficient (Wildman–Crippen LogP) is 2.13. The number of ether oxygens (including phenoxy) is 1. The molecule has 6 heteroatoms. The average Bonchev–Trinajstić information content (AvgIpc) is 2.82. The quantitative estimate of drug-likeness (QED) is 0.888. The summed E-state index contributed by atoms with van der Waals surface area (Å²) in [6.07, 6.45) is 0.0462. The highest BCUT2D eigenvalue weighted by atomic mass is 79.9. The number of rotatable bonds is 5. The number of morpholine rings is 1. The van der Waals surface area contributed by atoms with Gasteiger partial charge in [-0.05, 0) is 34.0 Å².